The van der Waals surface area contributed by atoms with E-state index in [1.807, 2.05) is 26.0 Å². The van der Waals surface area contributed by atoms with Crippen LogP contribution in [0.2, 0.25) is 0 Å². The zero-order valence-electron chi connectivity index (χ0n) is 19.0. The molecule has 178 valence electrons. The summed E-state index contributed by atoms with van der Waals surface area (Å²) in [6.07, 6.45) is -2.65. The third-order valence-electron chi connectivity index (χ3n) is 4.62. The minimum atomic E-state index is -4.42. The Labute approximate surface area is 197 Å². The molecule has 2 aromatic carbocycles. The first-order chi connectivity index (χ1) is 15.5. The van der Waals surface area contributed by atoms with Gasteiger partial charge in [0.05, 0.1) is 17.8 Å². The second-order valence-corrected chi connectivity index (χ2v) is 7.93. The first kappa shape index (κ1) is 26.3. The highest BCUT2D eigenvalue weighted by Gasteiger charge is 2.30. The van der Waals surface area contributed by atoms with Crippen molar-refractivity contribution in [3.05, 3.63) is 69.8 Å². The van der Waals surface area contributed by atoms with Crippen molar-refractivity contribution in [2.75, 3.05) is 19.8 Å². The number of hydrogen-bond donors (Lipinski definition) is 0. The molecule has 0 unspecified atom stereocenters. The molecule has 0 saturated heterocycles. The highest BCUT2D eigenvalue weighted by molar-refractivity contribution is 6.29. The van der Waals surface area contributed by atoms with Crippen molar-refractivity contribution in [3.63, 3.8) is 0 Å². The maximum Gasteiger partial charge on any atom is 0.416 e. The summed E-state index contributed by atoms with van der Waals surface area (Å²) < 4.78 is 50.5. The fraction of sp³-hybridized carbons (Fsp3) is 0.333. The molecule has 0 fully saturated rings. The molecular formula is C24H27ClF3N3O2. The van der Waals surface area contributed by atoms with E-state index in [-0.39, 0.29) is 13.2 Å². The van der Waals surface area contributed by atoms with Gasteiger partial charge in [0.2, 0.25) is 0 Å². The number of alkyl halides is 3. The van der Waals surface area contributed by atoms with E-state index in [1.165, 1.54) is 11.2 Å². The number of ether oxygens (including phenoxy) is 2. The van der Waals surface area contributed by atoms with Gasteiger partial charge in [-0.3, -0.25) is 0 Å². The average molecular weight is 482 g/mol. The molecule has 2 rings (SSSR count). The Morgan fingerprint density at radius 2 is 1.79 bits per heavy atom. The molecule has 0 atom stereocenters. The van der Waals surface area contributed by atoms with Crippen LogP contribution < -0.4 is 9.47 Å². The average Bonchev–Trinajstić information content (AvgIpc) is 2.74. The summed E-state index contributed by atoms with van der Waals surface area (Å²) in [7, 11) is 0. The Hall–Kier alpha value is -3.00. The van der Waals surface area contributed by atoms with Gasteiger partial charge in [0.15, 0.2) is 0 Å². The van der Waals surface area contributed by atoms with Crippen LogP contribution in [0.25, 0.3) is 0 Å². The molecule has 0 spiro atoms. The first-order valence-corrected chi connectivity index (χ1v) is 10.5. The monoisotopic (exact) mass is 481 g/mol. The molecule has 0 aliphatic carbocycles. The molecule has 0 aromatic heterocycles. The molecule has 0 saturated carbocycles. The number of benzene rings is 2. The summed E-state index contributed by atoms with van der Waals surface area (Å²) >= 11 is 5.81. The molecule has 0 aliphatic rings. The summed E-state index contributed by atoms with van der Waals surface area (Å²) in [5, 5.41) is 10.0. The summed E-state index contributed by atoms with van der Waals surface area (Å²) in [5.41, 5.74) is 1.80. The molecule has 0 amide bonds. The van der Waals surface area contributed by atoms with Crippen LogP contribution in [-0.2, 0) is 6.18 Å². The van der Waals surface area contributed by atoms with E-state index >= 15 is 0 Å². The van der Waals surface area contributed by atoms with E-state index in [0.29, 0.717) is 34.4 Å². The third kappa shape index (κ3) is 8.13. The lowest BCUT2D eigenvalue weighted by Gasteiger charge is -2.17. The van der Waals surface area contributed by atoms with Crippen LogP contribution in [0, 0.1) is 13.8 Å². The summed E-state index contributed by atoms with van der Waals surface area (Å²) in [6, 6.07) is 8.73. The summed E-state index contributed by atoms with van der Waals surface area (Å²) in [6.45, 7) is 11.6. The molecule has 5 nitrogen and oxygen atoms in total. The van der Waals surface area contributed by atoms with Crippen molar-refractivity contribution in [2.24, 2.45) is 10.2 Å². The first-order valence-electron chi connectivity index (χ1n) is 10.2. The van der Waals surface area contributed by atoms with Gasteiger partial charge in [0.1, 0.15) is 24.7 Å². The van der Waals surface area contributed by atoms with Crippen molar-refractivity contribution >= 4 is 24.0 Å². The number of hydrogen-bond acceptors (Lipinski definition) is 5. The van der Waals surface area contributed by atoms with Gasteiger partial charge in [-0.15, -0.1) is 0 Å². The zero-order chi connectivity index (χ0) is 24.6. The van der Waals surface area contributed by atoms with Crippen LogP contribution >= 0.6 is 11.6 Å². The van der Waals surface area contributed by atoms with E-state index in [9.17, 15) is 13.2 Å². The fourth-order valence-corrected chi connectivity index (χ4v) is 3.07. The molecule has 0 aliphatic heterocycles. The van der Waals surface area contributed by atoms with Crippen LogP contribution in [0.15, 0.2) is 57.7 Å². The fourth-order valence-electron chi connectivity index (χ4n) is 3.01. The van der Waals surface area contributed by atoms with Gasteiger partial charge < -0.3 is 9.47 Å². The number of hydrazone groups is 2. The largest absolute Gasteiger partial charge is 0.491 e. The highest BCUT2D eigenvalue weighted by Crippen LogP contribution is 2.30. The lowest BCUT2D eigenvalue weighted by molar-refractivity contribution is -0.137. The van der Waals surface area contributed by atoms with Gasteiger partial charge >= 0.3 is 6.18 Å². The minimum absolute atomic E-state index is 0.244. The molecule has 2 aromatic rings. The summed E-state index contributed by atoms with van der Waals surface area (Å²) in [4.78, 5) is 0. The van der Waals surface area contributed by atoms with Crippen molar-refractivity contribution < 1.29 is 22.6 Å². The Morgan fingerprint density at radius 1 is 1.12 bits per heavy atom. The third-order valence-corrected chi connectivity index (χ3v) is 4.78. The Morgan fingerprint density at radius 3 is 2.36 bits per heavy atom. The Bertz CT molecular complexity index is 1010. The smallest absolute Gasteiger partial charge is 0.416 e. The maximum atomic E-state index is 13.0. The van der Waals surface area contributed by atoms with E-state index in [4.69, 9.17) is 21.1 Å². The SMILES string of the molecule is C=NN(CCOc1c(C)cc(OC/C=C(\C)Cl)cc1C)/N=C(\C)c1cccc(C(F)(F)F)c1. The van der Waals surface area contributed by atoms with Crippen molar-refractivity contribution in [1.82, 2.24) is 5.12 Å². The maximum absolute atomic E-state index is 13.0. The van der Waals surface area contributed by atoms with Crippen LogP contribution in [0.4, 0.5) is 13.2 Å². The van der Waals surface area contributed by atoms with E-state index in [2.05, 4.69) is 16.9 Å². The molecule has 0 heterocycles. The Kier molecular flexibility index (Phi) is 9.34. The van der Waals surface area contributed by atoms with Gasteiger partial charge in [-0.2, -0.15) is 28.5 Å². The molecule has 0 bridgehead atoms. The molecular weight excluding hydrogens is 455 g/mol. The van der Waals surface area contributed by atoms with Crippen molar-refractivity contribution in [1.29, 1.82) is 0 Å². The number of rotatable bonds is 10. The van der Waals surface area contributed by atoms with Gasteiger partial charge in [0, 0.05) is 11.7 Å². The molecule has 0 radical (unpaired) electrons. The normalized spacial score (nSPS) is 12.5. The van der Waals surface area contributed by atoms with E-state index < -0.39 is 11.7 Å². The quantitative estimate of drug-likeness (QED) is 0.285. The molecule has 33 heavy (non-hydrogen) atoms. The predicted octanol–water partition coefficient (Wildman–Crippen LogP) is 6.56. The van der Waals surface area contributed by atoms with Crippen molar-refractivity contribution in [3.8, 4) is 11.5 Å². The van der Waals surface area contributed by atoms with Crippen LogP contribution in [-0.4, -0.2) is 37.3 Å². The van der Waals surface area contributed by atoms with Gasteiger partial charge in [-0.05, 0) is 74.7 Å². The molecule has 0 N–H and O–H groups in total. The van der Waals surface area contributed by atoms with Gasteiger partial charge in [-0.1, -0.05) is 23.7 Å². The van der Waals surface area contributed by atoms with Crippen molar-refractivity contribution in [2.45, 2.75) is 33.9 Å². The second-order valence-electron chi connectivity index (χ2n) is 7.34. The molecule has 9 heteroatoms. The van der Waals surface area contributed by atoms with Gasteiger partial charge in [0.25, 0.3) is 0 Å². The number of nitrogens with zero attached hydrogens (tertiary/aromatic N) is 3. The number of allylic oxidation sites excluding steroid dienone is 1. The topological polar surface area (TPSA) is 46.4 Å². The van der Waals surface area contributed by atoms with Crippen LogP contribution in [0.3, 0.4) is 0 Å². The van der Waals surface area contributed by atoms with Gasteiger partial charge in [-0.25, -0.2) is 0 Å². The number of halogens is 4. The second kappa shape index (κ2) is 11.7. The van der Waals surface area contributed by atoms with Crippen LogP contribution in [0.5, 0.6) is 11.5 Å². The van der Waals surface area contributed by atoms with E-state index in [0.717, 1.165) is 23.3 Å². The highest BCUT2D eigenvalue weighted by atomic mass is 35.5. The summed E-state index contributed by atoms with van der Waals surface area (Å²) in [5.74, 6) is 1.43. The number of aryl methyl sites for hydroxylation is 2. The predicted molar refractivity (Wildman–Crippen MR) is 126 cm³/mol. The zero-order valence-corrected chi connectivity index (χ0v) is 19.8. The van der Waals surface area contributed by atoms with E-state index in [1.54, 1.807) is 26.0 Å². The lowest BCUT2D eigenvalue weighted by Crippen LogP contribution is -2.20. The lowest BCUT2D eigenvalue weighted by atomic mass is 10.1. The Balaban J connectivity index is 2.02. The van der Waals surface area contributed by atoms with Crippen LogP contribution in [0.1, 0.15) is 36.1 Å². The standard InChI is InChI=1S/C24H27ClF3N3O2/c1-16-13-22(32-11-9-18(3)25)14-17(2)23(16)33-12-10-31(29-5)30-19(4)20-7-6-8-21(15-20)24(26,27)28/h6-9,13-15H,5,10-12H2,1-4H3/b18-9+,30-19+. The minimum Gasteiger partial charge on any atom is -0.491 e.